The first-order valence-corrected chi connectivity index (χ1v) is 0. The van der Waals surface area contributed by atoms with Gasteiger partial charge in [0.15, 0.2) is 0 Å². The van der Waals surface area contributed by atoms with E-state index >= 15 is 0 Å². The van der Waals surface area contributed by atoms with E-state index in [1.54, 1.807) is 0 Å². The summed E-state index contributed by atoms with van der Waals surface area (Å²) in [6.07, 6.45) is 0. The van der Waals surface area contributed by atoms with E-state index in [9.17, 15) is 0 Å². The maximum atomic E-state index is 0. The zero-order valence-electron chi connectivity index (χ0n) is 6.62. The summed E-state index contributed by atoms with van der Waals surface area (Å²) in [7, 11) is 0. The molecule has 1 atom stereocenters. The van der Waals surface area contributed by atoms with Crippen molar-refractivity contribution in [2.75, 3.05) is 0 Å². The standard InChI is InChI=1S/Ca.Mg.H3P.H2S.H4Si.4H/h;;1H3;1H2;1H4;;;;/q2*+2;;;;4*-1. The molecule has 1 unspecified atom stereocenters. The molecule has 0 aromatic heterocycles. The summed E-state index contributed by atoms with van der Waals surface area (Å²) in [6.45, 7) is 0. The molecule has 0 bridgehead atoms. The van der Waals surface area contributed by atoms with Gasteiger partial charge >= 0.3 is 60.8 Å². The van der Waals surface area contributed by atoms with Gasteiger partial charge in [0.1, 0.15) is 0 Å². The van der Waals surface area contributed by atoms with Gasteiger partial charge < -0.3 is 5.71 Å². The molecule has 0 aliphatic heterocycles. The molecule has 5 heavy (non-hydrogen) atoms. The van der Waals surface area contributed by atoms with Gasteiger partial charge in [0.2, 0.25) is 0 Å². The Hall–Kier alpha value is 3.02. The van der Waals surface area contributed by atoms with Crippen molar-refractivity contribution in [1.29, 1.82) is 0 Å². The van der Waals surface area contributed by atoms with E-state index < -0.39 is 0 Å². The summed E-state index contributed by atoms with van der Waals surface area (Å²) < 4.78 is 0. The van der Waals surface area contributed by atoms with Gasteiger partial charge in [-0.25, -0.2) is 0 Å². The Bertz CT molecular complexity index is 20.5. The molecular formula is H13CaMgPSSi. The van der Waals surface area contributed by atoms with Crippen LogP contribution in [0.3, 0.4) is 0 Å². The van der Waals surface area contributed by atoms with Crippen LogP contribution in [0.5, 0.6) is 0 Å². The largest absolute Gasteiger partial charge is 2.00 e. The number of rotatable bonds is 0. The zero-order chi connectivity index (χ0) is 0. The molecular weight excluding hydrogens is 156 g/mol. The fourth-order valence-electron chi connectivity index (χ4n) is 0. The number of hydrogen-bond acceptors (Lipinski definition) is 0. The van der Waals surface area contributed by atoms with E-state index in [1.165, 1.54) is 0 Å². The van der Waals surface area contributed by atoms with Gasteiger partial charge in [-0.3, -0.25) is 0 Å². The Morgan fingerprint density at radius 3 is 1.20 bits per heavy atom. The van der Waals surface area contributed by atoms with E-state index in [-0.39, 0.29) is 101 Å². The molecule has 0 heterocycles. The van der Waals surface area contributed by atoms with E-state index in [0.29, 0.717) is 0 Å². The average Bonchev–Trinajstić information content (AvgIpc) is 0. The Morgan fingerprint density at radius 2 is 1.20 bits per heavy atom. The maximum Gasteiger partial charge on any atom is 2.00 e. The molecule has 0 radical (unpaired) electrons. The van der Waals surface area contributed by atoms with Gasteiger partial charge in [0, 0.05) is 0 Å². The van der Waals surface area contributed by atoms with Crippen LogP contribution >= 0.6 is 23.4 Å². The summed E-state index contributed by atoms with van der Waals surface area (Å²) in [6, 6.07) is 0. The van der Waals surface area contributed by atoms with Crippen LogP contribution in [0.15, 0.2) is 0 Å². The van der Waals surface area contributed by atoms with Crippen LogP contribution in [0.1, 0.15) is 5.71 Å². The first kappa shape index (κ1) is 43.3. The molecule has 0 aliphatic carbocycles. The molecule has 0 aromatic carbocycles. The third-order valence-corrected chi connectivity index (χ3v) is 0. The van der Waals surface area contributed by atoms with Gasteiger partial charge in [-0.2, -0.15) is 23.4 Å². The topological polar surface area (TPSA) is 0 Å². The summed E-state index contributed by atoms with van der Waals surface area (Å²) in [4.78, 5) is 0. The molecule has 5 heteroatoms. The summed E-state index contributed by atoms with van der Waals surface area (Å²) in [5.41, 5.74) is 0. The van der Waals surface area contributed by atoms with E-state index in [4.69, 9.17) is 0 Å². The van der Waals surface area contributed by atoms with Crippen molar-refractivity contribution in [3.05, 3.63) is 0 Å². The zero-order valence-corrected chi connectivity index (χ0v) is 8.66. The normalized spacial score (nSPS) is 0. The second-order valence-electron chi connectivity index (χ2n) is 0. The van der Waals surface area contributed by atoms with Gasteiger partial charge in [0.05, 0.1) is 0 Å². The fraction of sp³-hybridized carbons (Fsp3) is 0. The van der Waals surface area contributed by atoms with Gasteiger partial charge in [-0.1, -0.05) is 0 Å². The van der Waals surface area contributed by atoms with Crippen LogP contribution in [0.25, 0.3) is 0 Å². The van der Waals surface area contributed by atoms with E-state index in [1.807, 2.05) is 0 Å². The monoisotopic (exact) mass is 168 g/mol. The van der Waals surface area contributed by atoms with Crippen LogP contribution < -0.4 is 0 Å². The third kappa shape index (κ3) is 19.4. The second-order valence-corrected chi connectivity index (χ2v) is 0. The molecule has 0 aliphatic rings. The minimum absolute atomic E-state index is 0. The van der Waals surface area contributed by atoms with Gasteiger partial charge in [-0.05, 0) is 11.0 Å². The molecule has 0 fully saturated rings. The molecule has 0 spiro atoms. The van der Waals surface area contributed by atoms with Crippen molar-refractivity contribution in [1.82, 2.24) is 0 Å². The average molecular weight is 169 g/mol. The second kappa shape index (κ2) is 27.9. The molecule has 0 saturated heterocycles. The van der Waals surface area contributed by atoms with Crippen LogP contribution in [0, 0.1) is 0 Å². The minimum Gasteiger partial charge on any atom is -1.00 e. The molecule has 0 saturated carbocycles. The van der Waals surface area contributed by atoms with Crippen molar-refractivity contribution in [2.24, 2.45) is 0 Å². The van der Waals surface area contributed by atoms with Crippen LogP contribution in [0.4, 0.5) is 0 Å². The quantitative estimate of drug-likeness (QED) is 0.302. The van der Waals surface area contributed by atoms with Crippen molar-refractivity contribution < 1.29 is 5.71 Å². The van der Waals surface area contributed by atoms with Crippen molar-refractivity contribution in [2.45, 2.75) is 0 Å². The van der Waals surface area contributed by atoms with E-state index in [2.05, 4.69) is 0 Å². The predicted molar refractivity (Wildman–Crippen MR) is 48.8 cm³/mol. The van der Waals surface area contributed by atoms with Crippen molar-refractivity contribution in [3.63, 3.8) is 0 Å². The van der Waals surface area contributed by atoms with Crippen LogP contribution in [0.2, 0.25) is 0 Å². The van der Waals surface area contributed by atoms with Crippen LogP contribution in [-0.4, -0.2) is 71.8 Å². The molecule has 0 amide bonds. The predicted octanol–water partition coefficient (Wildman–Crippen LogP) is -1.59. The first-order chi connectivity index (χ1) is 0. The molecule has 0 N–H and O–H groups in total. The summed E-state index contributed by atoms with van der Waals surface area (Å²) in [5.74, 6) is 0. The first-order valence-electron chi connectivity index (χ1n) is 0. The fourth-order valence-corrected chi connectivity index (χ4v) is 0. The Balaban J connectivity index is 0. The van der Waals surface area contributed by atoms with Gasteiger partial charge in [-0.15, -0.1) is 0 Å². The van der Waals surface area contributed by atoms with Crippen molar-refractivity contribution >= 4 is 95.2 Å². The number of hydrogen-bond donors (Lipinski definition) is 0. The smallest absolute Gasteiger partial charge is 1.00 e. The summed E-state index contributed by atoms with van der Waals surface area (Å²) in [5, 5.41) is 0. The van der Waals surface area contributed by atoms with Gasteiger partial charge in [0.25, 0.3) is 0 Å². The Morgan fingerprint density at radius 1 is 1.20 bits per heavy atom. The van der Waals surface area contributed by atoms with Crippen molar-refractivity contribution in [3.8, 4) is 0 Å². The molecule has 0 nitrogen and oxygen atoms in total. The maximum absolute atomic E-state index is 0. The van der Waals surface area contributed by atoms with E-state index in [0.717, 1.165) is 0 Å². The Labute approximate surface area is 99.4 Å². The third-order valence-electron chi connectivity index (χ3n) is 0. The molecule has 0 rings (SSSR count). The summed E-state index contributed by atoms with van der Waals surface area (Å²) >= 11 is 0. The SMILES string of the molecule is P.S.[Ca+2].[H-].[H-].[H-].[H-].[Mg+2].[SiH4]. The molecule has 32 valence electrons. The Kier molecular flexibility index (Phi) is 241. The molecule has 0 aromatic rings. The van der Waals surface area contributed by atoms with Crippen LogP contribution in [-0.2, 0) is 0 Å². The minimum atomic E-state index is 0.